The summed E-state index contributed by atoms with van der Waals surface area (Å²) in [5.41, 5.74) is -0.0462. The van der Waals surface area contributed by atoms with Gasteiger partial charge in [-0.2, -0.15) is 0 Å². The van der Waals surface area contributed by atoms with Crippen LogP contribution in [0, 0.1) is 10.1 Å². The number of carbonyl (C=O) groups excluding carboxylic acids is 1. The molecule has 0 atom stereocenters. The highest BCUT2D eigenvalue weighted by Gasteiger charge is 2.15. The van der Waals surface area contributed by atoms with Gasteiger partial charge in [0.15, 0.2) is 6.61 Å². The number of nitrogens with zero attached hydrogens (tertiary/aromatic N) is 1. The lowest BCUT2D eigenvalue weighted by atomic mass is 10.2. The number of hydrogen-bond donors (Lipinski definition) is 1. The van der Waals surface area contributed by atoms with Crippen LogP contribution in [0.15, 0.2) is 30.3 Å². The SMILES string of the molecule is COc1ccc([N+](=O)[O-])cc1NC(=O)COc1cc(Cl)c(Cl)cc1Cl. The zero-order valence-corrected chi connectivity index (χ0v) is 15.0. The van der Waals surface area contributed by atoms with Gasteiger partial charge in [-0.15, -0.1) is 0 Å². The number of nitro groups is 1. The quantitative estimate of drug-likeness (QED) is 0.431. The predicted molar refractivity (Wildman–Crippen MR) is 95.2 cm³/mol. The predicted octanol–water partition coefficient (Wildman–Crippen LogP) is 4.58. The van der Waals surface area contributed by atoms with E-state index in [9.17, 15) is 14.9 Å². The van der Waals surface area contributed by atoms with E-state index in [2.05, 4.69) is 5.32 Å². The van der Waals surface area contributed by atoms with Crippen molar-refractivity contribution in [3.63, 3.8) is 0 Å². The minimum atomic E-state index is -0.582. The molecule has 2 aromatic rings. The molecule has 0 spiro atoms. The van der Waals surface area contributed by atoms with Gasteiger partial charge in [-0.3, -0.25) is 14.9 Å². The molecular weight excluding hydrogens is 395 g/mol. The number of benzene rings is 2. The molecule has 0 fully saturated rings. The number of nitrogens with one attached hydrogen (secondary N) is 1. The van der Waals surface area contributed by atoms with Gasteiger partial charge in [-0.25, -0.2) is 0 Å². The monoisotopic (exact) mass is 404 g/mol. The number of carbonyl (C=O) groups is 1. The number of hydrogen-bond acceptors (Lipinski definition) is 5. The smallest absolute Gasteiger partial charge is 0.271 e. The Kier molecular flexibility index (Phi) is 6.30. The van der Waals surface area contributed by atoms with Crippen LogP contribution in [0.2, 0.25) is 15.1 Å². The first-order valence-electron chi connectivity index (χ1n) is 6.71. The van der Waals surface area contributed by atoms with Crippen molar-refractivity contribution in [2.45, 2.75) is 0 Å². The summed E-state index contributed by atoms with van der Waals surface area (Å²) >= 11 is 17.6. The van der Waals surface area contributed by atoms with Crippen LogP contribution in [0.1, 0.15) is 0 Å². The summed E-state index contributed by atoms with van der Waals surface area (Å²) in [7, 11) is 1.38. The Morgan fingerprint density at radius 3 is 2.44 bits per heavy atom. The molecule has 2 rings (SSSR count). The van der Waals surface area contributed by atoms with Crippen LogP contribution in [-0.2, 0) is 4.79 Å². The third-order valence-corrected chi connectivity index (χ3v) is 4.02. The Bertz CT molecular complexity index is 829. The standard InChI is InChI=1S/C15H11Cl3N2O5/c1-24-13-3-2-8(20(22)23)4-12(13)19-15(21)7-25-14-6-10(17)9(16)5-11(14)18/h2-6H,7H2,1H3,(H,19,21). The van der Waals surface area contributed by atoms with Crippen LogP contribution in [0.3, 0.4) is 0 Å². The van der Waals surface area contributed by atoms with E-state index in [0.29, 0.717) is 0 Å². The minimum Gasteiger partial charge on any atom is -0.495 e. The van der Waals surface area contributed by atoms with Crippen molar-refractivity contribution in [2.75, 3.05) is 19.0 Å². The van der Waals surface area contributed by atoms with E-state index in [0.717, 1.165) is 0 Å². The van der Waals surface area contributed by atoms with Crippen LogP contribution in [-0.4, -0.2) is 24.5 Å². The van der Waals surface area contributed by atoms with E-state index in [1.54, 1.807) is 0 Å². The van der Waals surface area contributed by atoms with Crippen LogP contribution in [0.5, 0.6) is 11.5 Å². The van der Waals surface area contributed by atoms with Crippen molar-refractivity contribution in [2.24, 2.45) is 0 Å². The lowest BCUT2D eigenvalue weighted by Crippen LogP contribution is -2.20. The van der Waals surface area contributed by atoms with Gasteiger partial charge in [-0.1, -0.05) is 34.8 Å². The fourth-order valence-electron chi connectivity index (χ4n) is 1.85. The molecule has 0 aliphatic carbocycles. The van der Waals surface area contributed by atoms with Crippen molar-refractivity contribution >= 4 is 52.1 Å². The van der Waals surface area contributed by atoms with Crippen molar-refractivity contribution < 1.29 is 19.2 Å². The molecule has 0 saturated heterocycles. The van der Waals surface area contributed by atoms with Crippen molar-refractivity contribution in [3.8, 4) is 11.5 Å². The fraction of sp³-hybridized carbons (Fsp3) is 0.133. The molecule has 0 bridgehead atoms. The van der Waals surface area contributed by atoms with E-state index in [4.69, 9.17) is 44.3 Å². The Morgan fingerprint density at radius 2 is 1.80 bits per heavy atom. The molecule has 0 heterocycles. The first-order chi connectivity index (χ1) is 11.8. The second-order valence-corrected chi connectivity index (χ2v) is 5.90. The van der Waals surface area contributed by atoms with E-state index in [1.165, 1.54) is 37.4 Å². The van der Waals surface area contributed by atoms with Gasteiger partial charge in [-0.05, 0) is 12.1 Å². The zero-order valence-electron chi connectivity index (χ0n) is 12.7. The third-order valence-electron chi connectivity index (χ3n) is 3.00. The van der Waals surface area contributed by atoms with Gasteiger partial charge >= 0.3 is 0 Å². The summed E-state index contributed by atoms with van der Waals surface area (Å²) < 4.78 is 10.4. The fourth-order valence-corrected chi connectivity index (χ4v) is 2.44. The number of rotatable bonds is 6. The lowest BCUT2D eigenvalue weighted by Gasteiger charge is -2.12. The van der Waals surface area contributed by atoms with Gasteiger partial charge in [0.25, 0.3) is 11.6 Å². The topological polar surface area (TPSA) is 90.7 Å². The van der Waals surface area contributed by atoms with Crippen LogP contribution < -0.4 is 14.8 Å². The van der Waals surface area contributed by atoms with Gasteiger partial charge in [0.05, 0.1) is 32.8 Å². The zero-order chi connectivity index (χ0) is 18.6. The summed E-state index contributed by atoms with van der Waals surface area (Å²) in [6.07, 6.45) is 0. The number of non-ortho nitro benzene ring substituents is 1. The van der Waals surface area contributed by atoms with Crippen LogP contribution >= 0.6 is 34.8 Å². The first-order valence-corrected chi connectivity index (χ1v) is 7.85. The maximum Gasteiger partial charge on any atom is 0.271 e. The average Bonchev–Trinajstić information content (AvgIpc) is 2.56. The van der Waals surface area contributed by atoms with Crippen molar-refractivity contribution in [1.29, 1.82) is 0 Å². The Balaban J connectivity index is 2.09. The second-order valence-electron chi connectivity index (χ2n) is 4.68. The van der Waals surface area contributed by atoms with Crippen LogP contribution in [0.4, 0.5) is 11.4 Å². The molecule has 0 aliphatic heterocycles. The highest BCUT2D eigenvalue weighted by Crippen LogP contribution is 2.34. The van der Waals surface area contributed by atoms with Crippen molar-refractivity contribution in [1.82, 2.24) is 0 Å². The van der Waals surface area contributed by atoms with E-state index in [-0.39, 0.29) is 37.9 Å². The van der Waals surface area contributed by atoms with Gasteiger partial charge < -0.3 is 14.8 Å². The van der Waals surface area contributed by atoms with E-state index < -0.39 is 17.4 Å². The molecule has 0 unspecified atom stereocenters. The highest BCUT2D eigenvalue weighted by atomic mass is 35.5. The van der Waals surface area contributed by atoms with Gasteiger partial charge in [0.2, 0.25) is 0 Å². The van der Waals surface area contributed by atoms with Gasteiger partial charge in [0, 0.05) is 18.2 Å². The maximum absolute atomic E-state index is 12.0. The largest absolute Gasteiger partial charge is 0.495 e. The van der Waals surface area contributed by atoms with E-state index >= 15 is 0 Å². The molecule has 2 aromatic carbocycles. The molecule has 0 aromatic heterocycles. The Hall–Kier alpha value is -2.22. The number of amides is 1. The first kappa shape index (κ1) is 19.1. The number of anilines is 1. The molecule has 7 nitrogen and oxygen atoms in total. The molecular formula is C15H11Cl3N2O5. The normalized spacial score (nSPS) is 10.2. The van der Waals surface area contributed by atoms with Crippen LogP contribution in [0.25, 0.3) is 0 Å². The molecule has 0 radical (unpaired) electrons. The lowest BCUT2D eigenvalue weighted by molar-refractivity contribution is -0.384. The van der Waals surface area contributed by atoms with Crippen molar-refractivity contribution in [3.05, 3.63) is 55.5 Å². The summed E-state index contributed by atoms with van der Waals surface area (Å²) in [6.45, 7) is -0.399. The molecule has 10 heteroatoms. The highest BCUT2D eigenvalue weighted by molar-refractivity contribution is 6.43. The molecule has 0 aliphatic rings. The number of nitro benzene ring substituents is 1. The molecule has 0 saturated carbocycles. The van der Waals surface area contributed by atoms with E-state index in [1.807, 2.05) is 0 Å². The minimum absolute atomic E-state index is 0.144. The summed E-state index contributed by atoms with van der Waals surface area (Å²) in [5, 5.41) is 14.0. The Morgan fingerprint density at radius 1 is 1.12 bits per heavy atom. The number of methoxy groups -OCH3 is 1. The maximum atomic E-state index is 12.0. The summed E-state index contributed by atoms with van der Waals surface area (Å²) in [6, 6.07) is 6.60. The second kappa shape index (κ2) is 8.24. The van der Waals surface area contributed by atoms with Gasteiger partial charge in [0.1, 0.15) is 11.5 Å². The molecule has 1 N–H and O–H groups in total. The molecule has 1 amide bonds. The Labute approximate surface area is 157 Å². The number of halogens is 3. The molecule has 25 heavy (non-hydrogen) atoms. The number of ether oxygens (including phenoxy) is 2. The summed E-state index contributed by atoms with van der Waals surface area (Å²) in [5.74, 6) is -0.121. The summed E-state index contributed by atoms with van der Waals surface area (Å²) in [4.78, 5) is 22.3. The average molecular weight is 406 g/mol. The molecule has 132 valence electrons. The third kappa shape index (κ3) is 4.88.